The van der Waals surface area contributed by atoms with Crippen molar-refractivity contribution in [3.8, 4) is 0 Å². The monoisotopic (exact) mass is 248 g/mol. The van der Waals surface area contributed by atoms with Crippen LogP contribution in [0.3, 0.4) is 0 Å². The standard InChI is InChI=1S/C7H9BrN2O3/c1-7(13,6(11)12)2-5-4(8)3-9-10-5/h3,13H,2H2,1H3,(H,9,10)(H,11,12). The Balaban J connectivity index is 2.80. The zero-order valence-corrected chi connectivity index (χ0v) is 8.50. The lowest BCUT2D eigenvalue weighted by Crippen LogP contribution is -2.37. The van der Waals surface area contributed by atoms with E-state index in [1.54, 1.807) is 0 Å². The Labute approximate surface area is 82.9 Å². The highest BCUT2D eigenvalue weighted by Gasteiger charge is 2.31. The second kappa shape index (κ2) is 3.47. The molecule has 5 nitrogen and oxygen atoms in total. The van der Waals surface area contributed by atoms with Gasteiger partial charge in [0, 0.05) is 6.42 Å². The zero-order chi connectivity index (χ0) is 10.1. The van der Waals surface area contributed by atoms with Crippen LogP contribution in [-0.4, -0.2) is 32.0 Å². The maximum atomic E-state index is 10.6. The number of aromatic amines is 1. The van der Waals surface area contributed by atoms with E-state index in [9.17, 15) is 9.90 Å². The van der Waals surface area contributed by atoms with Gasteiger partial charge in [-0.05, 0) is 22.9 Å². The van der Waals surface area contributed by atoms with Crippen LogP contribution in [0.4, 0.5) is 0 Å². The molecule has 0 bridgehead atoms. The Bertz CT molecular complexity index is 321. The number of H-pyrrole nitrogens is 1. The maximum Gasteiger partial charge on any atom is 0.335 e. The fraction of sp³-hybridized carbons (Fsp3) is 0.429. The van der Waals surface area contributed by atoms with E-state index in [1.807, 2.05) is 0 Å². The Kier molecular flexibility index (Phi) is 2.72. The number of nitrogens with zero attached hydrogens (tertiary/aromatic N) is 1. The van der Waals surface area contributed by atoms with E-state index < -0.39 is 11.6 Å². The number of nitrogens with one attached hydrogen (secondary N) is 1. The summed E-state index contributed by atoms with van der Waals surface area (Å²) in [6, 6.07) is 0. The van der Waals surface area contributed by atoms with Gasteiger partial charge in [0.2, 0.25) is 0 Å². The number of rotatable bonds is 3. The van der Waals surface area contributed by atoms with Crippen LogP contribution in [0, 0.1) is 0 Å². The van der Waals surface area contributed by atoms with E-state index in [4.69, 9.17) is 5.11 Å². The summed E-state index contributed by atoms with van der Waals surface area (Å²) in [6.07, 6.45) is 1.50. The molecular formula is C7H9BrN2O3. The van der Waals surface area contributed by atoms with Gasteiger partial charge in [-0.1, -0.05) is 0 Å². The van der Waals surface area contributed by atoms with Gasteiger partial charge >= 0.3 is 5.97 Å². The lowest BCUT2D eigenvalue weighted by Gasteiger charge is -2.16. The minimum atomic E-state index is -1.77. The van der Waals surface area contributed by atoms with Crippen LogP contribution in [-0.2, 0) is 11.2 Å². The summed E-state index contributed by atoms with van der Waals surface area (Å²) in [4.78, 5) is 10.6. The fourth-order valence-corrected chi connectivity index (χ4v) is 1.17. The highest BCUT2D eigenvalue weighted by atomic mass is 79.9. The highest BCUT2D eigenvalue weighted by molar-refractivity contribution is 9.10. The van der Waals surface area contributed by atoms with Crippen molar-refractivity contribution in [2.75, 3.05) is 0 Å². The van der Waals surface area contributed by atoms with Gasteiger partial charge in [0.05, 0.1) is 16.4 Å². The molecule has 0 fully saturated rings. The number of hydrogen-bond acceptors (Lipinski definition) is 3. The third kappa shape index (κ3) is 2.28. The first kappa shape index (κ1) is 10.2. The second-order valence-electron chi connectivity index (χ2n) is 2.95. The molecule has 0 saturated heterocycles. The number of aliphatic carboxylic acids is 1. The molecule has 1 unspecified atom stereocenters. The number of carboxylic acid groups (broad SMARTS) is 1. The molecule has 0 saturated carbocycles. The Hall–Kier alpha value is -0.880. The number of hydrogen-bond donors (Lipinski definition) is 3. The third-order valence-corrected chi connectivity index (χ3v) is 2.33. The first-order chi connectivity index (χ1) is 5.93. The molecule has 0 spiro atoms. The number of aliphatic hydroxyl groups is 1. The molecule has 1 aromatic rings. The van der Waals surface area contributed by atoms with Gasteiger partial charge in [0.15, 0.2) is 5.60 Å². The average Bonchev–Trinajstić information content (AvgIpc) is 2.35. The van der Waals surface area contributed by atoms with E-state index >= 15 is 0 Å². The number of carbonyl (C=O) groups is 1. The van der Waals surface area contributed by atoms with Crippen molar-refractivity contribution < 1.29 is 15.0 Å². The van der Waals surface area contributed by atoms with Crippen LogP contribution in [0.1, 0.15) is 12.6 Å². The van der Waals surface area contributed by atoms with Crippen molar-refractivity contribution in [2.45, 2.75) is 18.9 Å². The quantitative estimate of drug-likeness (QED) is 0.730. The zero-order valence-electron chi connectivity index (χ0n) is 6.91. The number of carboxylic acids is 1. The van der Waals surface area contributed by atoms with Crippen LogP contribution in [0.25, 0.3) is 0 Å². The van der Waals surface area contributed by atoms with Crippen molar-refractivity contribution >= 4 is 21.9 Å². The van der Waals surface area contributed by atoms with E-state index in [-0.39, 0.29) is 6.42 Å². The molecule has 6 heteroatoms. The van der Waals surface area contributed by atoms with Crippen LogP contribution < -0.4 is 0 Å². The fourth-order valence-electron chi connectivity index (χ4n) is 0.842. The maximum absolute atomic E-state index is 10.6. The van der Waals surface area contributed by atoms with Crippen molar-refractivity contribution in [1.82, 2.24) is 10.2 Å². The smallest absolute Gasteiger partial charge is 0.335 e. The van der Waals surface area contributed by atoms with Gasteiger partial charge in [-0.25, -0.2) is 4.79 Å². The Morgan fingerprint density at radius 3 is 2.85 bits per heavy atom. The topological polar surface area (TPSA) is 86.2 Å². The predicted molar refractivity (Wildman–Crippen MR) is 48.3 cm³/mol. The average molecular weight is 249 g/mol. The molecule has 72 valence electrons. The molecule has 1 atom stereocenters. The molecule has 0 amide bonds. The minimum Gasteiger partial charge on any atom is -0.479 e. The number of aromatic nitrogens is 2. The molecule has 0 aliphatic carbocycles. The van der Waals surface area contributed by atoms with Crippen LogP contribution >= 0.6 is 15.9 Å². The predicted octanol–water partition coefficient (Wildman–Crippen LogP) is 0.550. The third-order valence-electron chi connectivity index (χ3n) is 1.65. The molecule has 0 aliphatic rings. The second-order valence-corrected chi connectivity index (χ2v) is 3.81. The van der Waals surface area contributed by atoms with Gasteiger partial charge in [-0.3, -0.25) is 5.10 Å². The highest BCUT2D eigenvalue weighted by Crippen LogP contribution is 2.19. The summed E-state index contributed by atoms with van der Waals surface area (Å²) >= 11 is 3.17. The summed E-state index contributed by atoms with van der Waals surface area (Å²) in [5.74, 6) is -1.26. The van der Waals surface area contributed by atoms with E-state index in [0.29, 0.717) is 10.2 Å². The summed E-state index contributed by atoms with van der Waals surface area (Å²) < 4.78 is 0.661. The molecular weight excluding hydrogens is 240 g/mol. The molecule has 3 N–H and O–H groups in total. The van der Waals surface area contributed by atoms with Gasteiger partial charge < -0.3 is 10.2 Å². The van der Waals surface area contributed by atoms with Gasteiger partial charge in [-0.15, -0.1) is 0 Å². The molecule has 0 radical (unpaired) electrons. The van der Waals surface area contributed by atoms with Crippen LogP contribution in [0.5, 0.6) is 0 Å². The van der Waals surface area contributed by atoms with Crippen molar-refractivity contribution in [3.05, 3.63) is 16.4 Å². The molecule has 1 heterocycles. The van der Waals surface area contributed by atoms with Crippen molar-refractivity contribution in [1.29, 1.82) is 0 Å². The first-order valence-electron chi connectivity index (χ1n) is 3.57. The van der Waals surface area contributed by atoms with E-state index in [0.717, 1.165) is 0 Å². The van der Waals surface area contributed by atoms with Crippen LogP contribution in [0.2, 0.25) is 0 Å². The minimum absolute atomic E-state index is 0.0110. The lowest BCUT2D eigenvalue weighted by molar-refractivity contribution is -0.156. The molecule has 0 aromatic carbocycles. The van der Waals surface area contributed by atoms with Crippen molar-refractivity contribution in [2.24, 2.45) is 0 Å². The normalized spacial score (nSPS) is 15.3. The van der Waals surface area contributed by atoms with E-state index in [2.05, 4.69) is 26.1 Å². The van der Waals surface area contributed by atoms with Gasteiger partial charge in [0.25, 0.3) is 0 Å². The summed E-state index contributed by atoms with van der Waals surface area (Å²) in [7, 11) is 0. The first-order valence-corrected chi connectivity index (χ1v) is 4.36. The van der Waals surface area contributed by atoms with Crippen molar-refractivity contribution in [3.63, 3.8) is 0 Å². The summed E-state index contributed by atoms with van der Waals surface area (Å²) in [6.45, 7) is 1.24. The van der Waals surface area contributed by atoms with Crippen LogP contribution in [0.15, 0.2) is 10.7 Å². The molecule has 1 aromatic heterocycles. The Morgan fingerprint density at radius 1 is 1.85 bits per heavy atom. The summed E-state index contributed by atoms with van der Waals surface area (Å²) in [5.41, 5.74) is -1.21. The lowest BCUT2D eigenvalue weighted by atomic mass is 10.0. The molecule has 0 aliphatic heterocycles. The SMILES string of the molecule is CC(O)(Cc1[nH]ncc1Br)C(=O)O. The Morgan fingerprint density at radius 2 is 2.46 bits per heavy atom. The van der Waals surface area contributed by atoms with E-state index in [1.165, 1.54) is 13.1 Å². The summed E-state index contributed by atoms with van der Waals surface area (Å²) in [5, 5.41) is 24.3. The largest absolute Gasteiger partial charge is 0.479 e. The molecule has 1 rings (SSSR count). The van der Waals surface area contributed by atoms with Gasteiger partial charge in [0.1, 0.15) is 0 Å². The molecule has 13 heavy (non-hydrogen) atoms. The van der Waals surface area contributed by atoms with Gasteiger partial charge in [-0.2, -0.15) is 5.10 Å². The number of halogens is 1.